The normalized spacial score (nSPS) is 12.3. The van der Waals surface area contributed by atoms with Crippen LogP contribution < -0.4 is 10.6 Å². The van der Waals surface area contributed by atoms with E-state index in [1.54, 1.807) is 6.92 Å². The number of nitriles is 1. The Morgan fingerprint density at radius 1 is 1.18 bits per heavy atom. The van der Waals surface area contributed by atoms with E-state index in [1.807, 2.05) is 36.4 Å². The van der Waals surface area contributed by atoms with Crippen molar-refractivity contribution in [1.29, 1.82) is 5.26 Å². The highest BCUT2D eigenvalue weighted by Gasteiger charge is 2.25. The summed E-state index contributed by atoms with van der Waals surface area (Å²) in [5.74, 6) is -1.96. The van der Waals surface area contributed by atoms with Crippen LogP contribution in [0.4, 0.5) is 4.79 Å². The van der Waals surface area contributed by atoms with Gasteiger partial charge in [-0.2, -0.15) is 5.26 Å². The molecule has 1 aromatic carbocycles. The molecule has 3 N–H and O–H groups in total. The average Bonchev–Trinajstić information content (AvgIpc) is 2.67. The predicted octanol–water partition coefficient (Wildman–Crippen LogP) is 2.59. The fourth-order valence-electron chi connectivity index (χ4n) is 2.51. The van der Waals surface area contributed by atoms with Crippen LogP contribution in [0.5, 0.6) is 0 Å². The maximum atomic E-state index is 11.9. The molecule has 8 nitrogen and oxygen atoms in total. The highest BCUT2D eigenvalue weighted by Crippen LogP contribution is 2.09. The third-order valence-electron chi connectivity index (χ3n) is 4.13. The molecule has 0 radical (unpaired) electrons. The monoisotopic (exact) mass is 389 g/mol. The van der Waals surface area contributed by atoms with Crippen LogP contribution in [0.15, 0.2) is 30.3 Å². The van der Waals surface area contributed by atoms with Crippen LogP contribution in [0.1, 0.15) is 44.6 Å². The summed E-state index contributed by atoms with van der Waals surface area (Å²) in [7, 11) is 0. The highest BCUT2D eigenvalue weighted by molar-refractivity contribution is 5.83. The molecular weight excluding hydrogens is 362 g/mol. The Balaban J connectivity index is 2.12. The van der Waals surface area contributed by atoms with Crippen LogP contribution >= 0.6 is 0 Å². The topological polar surface area (TPSA) is 129 Å². The summed E-state index contributed by atoms with van der Waals surface area (Å²) in [6.07, 6.45) is 1.73. The molecule has 0 spiro atoms. The van der Waals surface area contributed by atoms with Crippen molar-refractivity contribution in [3.05, 3.63) is 35.9 Å². The van der Waals surface area contributed by atoms with E-state index in [9.17, 15) is 14.4 Å². The zero-order valence-corrected chi connectivity index (χ0v) is 16.0. The average molecular weight is 389 g/mol. The van der Waals surface area contributed by atoms with Gasteiger partial charge in [0, 0.05) is 25.3 Å². The Morgan fingerprint density at radius 2 is 1.89 bits per heavy atom. The number of nitrogens with one attached hydrogen (secondary N) is 2. The van der Waals surface area contributed by atoms with Crippen LogP contribution in [-0.2, 0) is 20.9 Å². The second-order valence-electron chi connectivity index (χ2n) is 6.52. The van der Waals surface area contributed by atoms with Gasteiger partial charge in [0.1, 0.15) is 12.6 Å². The van der Waals surface area contributed by atoms with Gasteiger partial charge in [0.05, 0.1) is 6.07 Å². The minimum absolute atomic E-state index is 0.0588. The Hall–Kier alpha value is -3.08. The van der Waals surface area contributed by atoms with Crippen molar-refractivity contribution >= 4 is 18.0 Å². The van der Waals surface area contributed by atoms with E-state index in [4.69, 9.17) is 15.1 Å². The number of carbonyl (C=O) groups excluding carboxylic acids is 2. The van der Waals surface area contributed by atoms with Crippen LogP contribution in [0.3, 0.4) is 0 Å². The molecule has 0 aliphatic carbocycles. The van der Waals surface area contributed by atoms with Gasteiger partial charge in [-0.15, -0.1) is 0 Å². The van der Waals surface area contributed by atoms with Gasteiger partial charge in [0.15, 0.2) is 0 Å². The van der Waals surface area contributed by atoms with Crippen molar-refractivity contribution in [2.24, 2.45) is 5.92 Å². The summed E-state index contributed by atoms with van der Waals surface area (Å²) in [5, 5.41) is 22.9. The smallest absolute Gasteiger partial charge is 0.407 e. The highest BCUT2D eigenvalue weighted by atomic mass is 16.5. The molecule has 8 heteroatoms. The first-order valence-corrected chi connectivity index (χ1v) is 9.27. The van der Waals surface area contributed by atoms with E-state index in [2.05, 4.69) is 10.6 Å². The van der Waals surface area contributed by atoms with Crippen molar-refractivity contribution < 1.29 is 24.2 Å². The number of aliphatic carboxylic acids is 1. The summed E-state index contributed by atoms with van der Waals surface area (Å²) in [6.45, 7) is 2.26. The fourth-order valence-corrected chi connectivity index (χ4v) is 2.51. The van der Waals surface area contributed by atoms with Gasteiger partial charge in [0.25, 0.3) is 0 Å². The number of rotatable bonds is 12. The summed E-state index contributed by atoms with van der Waals surface area (Å²) in [5.41, 5.74) is 0.910. The van der Waals surface area contributed by atoms with Gasteiger partial charge < -0.3 is 20.5 Å². The largest absolute Gasteiger partial charge is 0.480 e. The first-order valence-electron chi connectivity index (χ1n) is 9.27. The second-order valence-corrected chi connectivity index (χ2v) is 6.52. The zero-order valence-electron chi connectivity index (χ0n) is 16.0. The van der Waals surface area contributed by atoms with Gasteiger partial charge in [-0.25, -0.2) is 9.59 Å². The minimum atomic E-state index is -1.14. The predicted molar refractivity (Wildman–Crippen MR) is 102 cm³/mol. The number of hydrogen-bond acceptors (Lipinski definition) is 5. The molecule has 0 aliphatic heterocycles. The molecule has 0 bridgehead atoms. The number of carboxylic acids is 1. The summed E-state index contributed by atoms with van der Waals surface area (Å²) in [6, 6.07) is 10.2. The molecule has 1 aromatic rings. The molecule has 0 aliphatic rings. The Morgan fingerprint density at radius 3 is 2.54 bits per heavy atom. The zero-order chi connectivity index (χ0) is 20.8. The third-order valence-corrected chi connectivity index (χ3v) is 4.13. The van der Waals surface area contributed by atoms with Crippen molar-refractivity contribution in [1.82, 2.24) is 10.6 Å². The molecule has 28 heavy (non-hydrogen) atoms. The number of unbranched alkanes of at least 4 members (excludes halogenated alkanes) is 2. The quantitative estimate of drug-likeness (QED) is 0.471. The number of benzene rings is 1. The minimum Gasteiger partial charge on any atom is -0.480 e. The molecule has 2 amide bonds. The van der Waals surface area contributed by atoms with Gasteiger partial charge in [-0.1, -0.05) is 43.7 Å². The van der Waals surface area contributed by atoms with Crippen LogP contribution in [0.2, 0.25) is 0 Å². The fraction of sp³-hybridized carbons (Fsp3) is 0.500. The van der Waals surface area contributed by atoms with E-state index in [1.165, 1.54) is 0 Å². The van der Waals surface area contributed by atoms with Crippen LogP contribution in [0, 0.1) is 17.2 Å². The molecule has 0 unspecified atom stereocenters. The summed E-state index contributed by atoms with van der Waals surface area (Å²) >= 11 is 0. The molecule has 0 heterocycles. The second kappa shape index (κ2) is 13.1. The number of alkyl carbamates (subject to hydrolysis) is 1. The van der Waals surface area contributed by atoms with Crippen molar-refractivity contribution in [3.63, 3.8) is 0 Å². The van der Waals surface area contributed by atoms with E-state index in [0.29, 0.717) is 25.8 Å². The summed E-state index contributed by atoms with van der Waals surface area (Å²) < 4.78 is 5.09. The van der Waals surface area contributed by atoms with Gasteiger partial charge >= 0.3 is 12.1 Å². The number of amides is 2. The third kappa shape index (κ3) is 9.57. The van der Waals surface area contributed by atoms with Crippen molar-refractivity contribution in [2.75, 3.05) is 6.54 Å². The molecule has 0 aromatic heterocycles. The molecule has 1 rings (SSSR count). The van der Waals surface area contributed by atoms with E-state index in [0.717, 1.165) is 5.56 Å². The maximum Gasteiger partial charge on any atom is 0.407 e. The lowest BCUT2D eigenvalue weighted by Crippen LogP contribution is -2.45. The van der Waals surface area contributed by atoms with Crippen molar-refractivity contribution in [2.45, 2.75) is 51.7 Å². The SMILES string of the molecule is C[C@H](CC#N)[C@H](NC(=O)CCCCCNC(=O)OCc1ccccc1)C(=O)O. The summed E-state index contributed by atoms with van der Waals surface area (Å²) in [4.78, 5) is 34.7. The lowest BCUT2D eigenvalue weighted by molar-refractivity contribution is -0.143. The van der Waals surface area contributed by atoms with Gasteiger partial charge in [0.2, 0.25) is 5.91 Å². The lowest BCUT2D eigenvalue weighted by Gasteiger charge is -2.19. The van der Waals surface area contributed by atoms with Crippen LogP contribution in [-0.4, -0.2) is 35.7 Å². The number of carbonyl (C=O) groups is 3. The Bertz CT molecular complexity index is 672. The maximum absolute atomic E-state index is 11.9. The molecule has 0 saturated heterocycles. The van der Waals surface area contributed by atoms with Gasteiger partial charge in [-0.05, 0) is 18.4 Å². The number of hydrogen-bond donors (Lipinski definition) is 3. The Labute approximate surface area is 164 Å². The molecule has 0 saturated carbocycles. The van der Waals surface area contributed by atoms with E-state index in [-0.39, 0.29) is 25.4 Å². The molecule has 0 fully saturated rings. The first-order chi connectivity index (χ1) is 13.4. The first kappa shape index (κ1) is 23.0. The van der Waals surface area contributed by atoms with Gasteiger partial charge in [-0.3, -0.25) is 4.79 Å². The molecule has 152 valence electrons. The number of nitrogens with zero attached hydrogens (tertiary/aromatic N) is 1. The van der Waals surface area contributed by atoms with Crippen LogP contribution in [0.25, 0.3) is 0 Å². The standard InChI is InChI=1S/C20H27N3O5/c1-15(11-12-21)18(19(25)26)23-17(24)10-6-3-7-13-22-20(27)28-14-16-8-4-2-5-9-16/h2,4-5,8-9,15,18H,3,6-7,10-11,13-14H2,1H3,(H,22,27)(H,23,24)(H,25,26)/t15-,18+/m1/s1. The number of carboxylic acid groups (broad SMARTS) is 1. The van der Waals surface area contributed by atoms with E-state index >= 15 is 0 Å². The Kier molecular flexibility index (Phi) is 10.8. The number of ether oxygens (including phenoxy) is 1. The molecule has 2 atom stereocenters. The lowest BCUT2D eigenvalue weighted by atomic mass is 9.99. The van der Waals surface area contributed by atoms with E-state index < -0.39 is 24.0 Å². The molecular formula is C20H27N3O5. The van der Waals surface area contributed by atoms with Crippen molar-refractivity contribution in [3.8, 4) is 6.07 Å².